The van der Waals surface area contributed by atoms with Gasteiger partial charge in [-0.1, -0.05) is 12.1 Å². The summed E-state index contributed by atoms with van der Waals surface area (Å²) in [6, 6.07) is 12.4. The van der Waals surface area contributed by atoms with Crippen LogP contribution in [0.25, 0.3) is 11.5 Å². The first-order chi connectivity index (χ1) is 17.1. The first-order valence-corrected chi connectivity index (χ1v) is 12.8. The summed E-state index contributed by atoms with van der Waals surface area (Å²) in [6.07, 6.45) is -4.41. The summed E-state index contributed by atoms with van der Waals surface area (Å²) < 4.78 is 62.7. The van der Waals surface area contributed by atoms with Crippen molar-refractivity contribution in [3.63, 3.8) is 0 Å². The average Bonchev–Trinajstić information content (AvgIpc) is 3.23. The van der Waals surface area contributed by atoms with Crippen molar-refractivity contribution in [1.29, 1.82) is 0 Å². The number of carbonyl (C=O) groups is 1. The molecular weight excluding hydrogens is 495 g/mol. The van der Waals surface area contributed by atoms with E-state index in [9.17, 15) is 22.2 Å². The lowest BCUT2D eigenvalue weighted by Crippen LogP contribution is -2.50. The van der Waals surface area contributed by atoms with Gasteiger partial charge in [-0.3, -0.25) is 9.00 Å². The zero-order valence-electron chi connectivity index (χ0n) is 19.9. The molecule has 0 spiro atoms. The quantitative estimate of drug-likeness (QED) is 0.462. The summed E-state index contributed by atoms with van der Waals surface area (Å²) in [5.74, 6) is 1.23. The minimum atomic E-state index is -4.41. The second-order valence-electron chi connectivity index (χ2n) is 8.40. The fraction of sp³-hybridized carbons (Fsp3) is 0.360. The van der Waals surface area contributed by atoms with Crippen molar-refractivity contribution in [3.05, 3.63) is 65.5 Å². The largest absolute Gasteiger partial charge is 0.497 e. The predicted octanol–water partition coefficient (Wildman–Crippen LogP) is 4.27. The lowest BCUT2D eigenvalue weighted by Gasteiger charge is -2.36. The molecule has 0 radical (unpaired) electrons. The summed E-state index contributed by atoms with van der Waals surface area (Å²) in [7, 11) is 0.0693. The molecule has 4 rings (SSSR count). The Morgan fingerprint density at radius 3 is 2.53 bits per heavy atom. The number of hydrogen-bond acceptors (Lipinski definition) is 6. The molecule has 1 aromatic heterocycles. The Hall–Kier alpha value is -3.34. The van der Waals surface area contributed by atoms with Gasteiger partial charge in [-0.05, 0) is 43.3 Å². The summed E-state index contributed by atoms with van der Waals surface area (Å²) in [4.78, 5) is 20.6. The van der Waals surface area contributed by atoms with Crippen molar-refractivity contribution in [1.82, 2.24) is 9.88 Å². The Kier molecular flexibility index (Phi) is 7.67. The molecular formula is C25H26F3N3O4S. The molecule has 0 N–H and O–H groups in total. The number of oxazole rings is 1. The fourth-order valence-electron chi connectivity index (χ4n) is 3.97. The van der Waals surface area contributed by atoms with Crippen molar-refractivity contribution in [2.24, 2.45) is 0 Å². The predicted molar refractivity (Wildman–Crippen MR) is 130 cm³/mol. The molecule has 36 heavy (non-hydrogen) atoms. The van der Waals surface area contributed by atoms with Crippen LogP contribution in [0.4, 0.5) is 18.9 Å². The SMILES string of the molecule is COc1cccc(-c2nc(C[S@@](=O)CC(=O)N3CCN(c4cccc(C(F)(F)F)c4)CC3)c(C)o2)c1. The number of alkyl halides is 3. The Labute approximate surface area is 209 Å². The van der Waals surface area contributed by atoms with E-state index in [2.05, 4.69) is 4.98 Å². The van der Waals surface area contributed by atoms with Gasteiger partial charge in [0.1, 0.15) is 17.3 Å². The van der Waals surface area contributed by atoms with Gasteiger partial charge >= 0.3 is 6.18 Å². The van der Waals surface area contributed by atoms with Crippen LogP contribution in [-0.4, -0.2) is 59.0 Å². The topological polar surface area (TPSA) is 75.9 Å². The van der Waals surface area contributed by atoms with Gasteiger partial charge in [0.2, 0.25) is 11.8 Å². The normalized spacial score (nSPS) is 15.1. The number of carbonyl (C=O) groups excluding carboxylic acids is 1. The molecule has 0 aliphatic carbocycles. The second-order valence-corrected chi connectivity index (χ2v) is 9.86. The van der Waals surface area contributed by atoms with Crippen molar-refractivity contribution >= 4 is 22.4 Å². The maximum atomic E-state index is 13.0. The van der Waals surface area contributed by atoms with Crippen LogP contribution in [0, 0.1) is 6.92 Å². The Bertz CT molecular complexity index is 1250. The van der Waals surface area contributed by atoms with Crippen LogP contribution in [0.5, 0.6) is 5.75 Å². The van der Waals surface area contributed by atoms with Crippen LogP contribution in [0.15, 0.2) is 52.9 Å². The number of anilines is 1. The number of amides is 1. The number of nitrogens with zero attached hydrogens (tertiary/aromatic N) is 3. The molecule has 0 bridgehead atoms. The van der Waals surface area contributed by atoms with Crippen LogP contribution in [-0.2, 0) is 27.5 Å². The van der Waals surface area contributed by atoms with Gasteiger partial charge in [0.05, 0.1) is 24.1 Å². The summed E-state index contributed by atoms with van der Waals surface area (Å²) in [5, 5.41) is 0. The van der Waals surface area contributed by atoms with E-state index in [0.717, 1.165) is 17.7 Å². The molecule has 7 nitrogen and oxygen atoms in total. The van der Waals surface area contributed by atoms with Crippen LogP contribution >= 0.6 is 0 Å². The van der Waals surface area contributed by atoms with Crippen molar-refractivity contribution in [3.8, 4) is 17.2 Å². The number of aryl methyl sites for hydroxylation is 1. The Balaban J connectivity index is 1.32. The summed E-state index contributed by atoms with van der Waals surface area (Å²) in [5.41, 5.74) is 1.01. The van der Waals surface area contributed by atoms with Gasteiger partial charge in [-0.25, -0.2) is 4.98 Å². The standard InChI is InChI=1S/C25H26F3N3O4S/c1-17-22(29-24(35-17)18-5-3-8-21(13-18)34-2)15-36(33)16-23(32)31-11-9-30(10-12-31)20-7-4-6-19(14-20)25(26,27)28/h3-8,13-14H,9-12,15-16H2,1-2H3/t36-/m1/s1. The number of methoxy groups -OCH3 is 1. The highest BCUT2D eigenvalue weighted by Gasteiger charge is 2.31. The third kappa shape index (κ3) is 6.07. The molecule has 2 aromatic carbocycles. The maximum Gasteiger partial charge on any atom is 0.416 e. The molecule has 0 unspecified atom stereocenters. The van der Waals surface area contributed by atoms with Gasteiger partial charge in [-0.15, -0.1) is 0 Å². The van der Waals surface area contributed by atoms with Crippen molar-refractivity contribution < 1.29 is 31.3 Å². The first-order valence-electron chi connectivity index (χ1n) is 11.3. The molecule has 1 atom stereocenters. The number of halogens is 3. The average molecular weight is 522 g/mol. The van der Waals surface area contributed by atoms with Crippen molar-refractivity contribution in [2.45, 2.75) is 18.9 Å². The van der Waals surface area contributed by atoms with Gasteiger partial charge in [0.15, 0.2) is 0 Å². The van der Waals surface area contributed by atoms with Gasteiger partial charge < -0.3 is 19.0 Å². The number of ether oxygens (including phenoxy) is 1. The molecule has 192 valence electrons. The van der Waals surface area contributed by atoms with Gasteiger partial charge in [0.25, 0.3) is 0 Å². The number of piperazine rings is 1. The smallest absolute Gasteiger partial charge is 0.416 e. The maximum absolute atomic E-state index is 13.0. The summed E-state index contributed by atoms with van der Waals surface area (Å²) in [6.45, 7) is 3.21. The highest BCUT2D eigenvalue weighted by molar-refractivity contribution is 7.84. The molecule has 2 heterocycles. The van der Waals surface area contributed by atoms with Gasteiger partial charge in [0, 0.05) is 48.2 Å². The minimum absolute atomic E-state index is 0.0786. The van der Waals surface area contributed by atoms with E-state index in [1.165, 1.54) is 6.07 Å². The van der Waals surface area contributed by atoms with Crippen LogP contribution in [0.3, 0.4) is 0 Å². The first kappa shape index (κ1) is 25.7. The van der Waals surface area contributed by atoms with E-state index in [4.69, 9.17) is 9.15 Å². The van der Waals surface area contributed by atoms with Crippen molar-refractivity contribution in [2.75, 3.05) is 43.9 Å². The van der Waals surface area contributed by atoms with E-state index in [1.807, 2.05) is 17.0 Å². The Morgan fingerprint density at radius 1 is 1.11 bits per heavy atom. The molecule has 0 saturated carbocycles. The third-order valence-electron chi connectivity index (χ3n) is 5.96. The zero-order valence-corrected chi connectivity index (χ0v) is 20.7. The molecule has 1 amide bonds. The second kappa shape index (κ2) is 10.7. The lowest BCUT2D eigenvalue weighted by molar-refractivity contribution is -0.137. The zero-order chi connectivity index (χ0) is 25.9. The number of hydrogen-bond donors (Lipinski definition) is 0. The molecule has 3 aromatic rings. The lowest BCUT2D eigenvalue weighted by atomic mass is 10.1. The van der Waals surface area contributed by atoms with Crippen LogP contribution in [0.2, 0.25) is 0 Å². The van der Waals surface area contributed by atoms with E-state index in [-0.39, 0.29) is 17.4 Å². The number of benzene rings is 2. The van der Waals surface area contributed by atoms with E-state index in [1.54, 1.807) is 37.1 Å². The van der Waals surface area contributed by atoms with Gasteiger partial charge in [-0.2, -0.15) is 13.2 Å². The molecule has 1 fully saturated rings. The third-order valence-corrected chi connectivity index (χ3v) is 7.13. The highest BCUT2D eigenvalue weighted by atomic mass is 32.2. The minimum Gasteiger partial charge on any atom is -0.497 e. The van der Waals surface area contributed by atoms with E-state index in [0.29, 0.717) is 55.0 Å². The highest BCUT2D eigenvalue weighted by Crippen LogP contribution is 2.32. The monoisotopic (exact) mass is 521 g/mol. The van der Waals surface area contributed by atoms with Crippen LogP contribution in [0.1, 0.15) is 17.0 Å². The number of aromatic nitrogens is 1. The fourth-order valence-corrected chi connectivity index (χ4v) is 5.10. The molecule has 1 aliphatic heterocycles. The van der Waals surface area contributed by atoms with Crippen LogP contribution < -0.4 is 9.64 Å². The Morgan fingerprint density at radius 2 is 1.83 bits per heavy atom. The molecule has 1 aliphatic rings. The summed E-state index contributed by atoms with van der Waals surface area (Å²) >= 11 is 0. The molecule has 1 saturated heterocycles. The number of rotatable bonds is 7. The van der Waals surface area contributed by atoms with E-state index < -0.39 is 22.5 Å². The van der Waals surface area contributed by atoms with E-state index >= 15 is 0 Å². The molecule has 11 heteroatoms.